The van der Waals surface area contributed by atoms with Crippen LogP contribution in [0.3, 0.4) is 0 Å². The molecule has 0 aliphatic carbocycles. The van der Waals surface area contributed by atoms with Crippen LogP contribution < -0.4 is 10.6 Å². The van der Waals surface area contributed by atoms with E-state index in [0.717, 1.165) is 32.0 Å². The lowest BCUT2D eigenvalue weighted by molar-refractivity contribution is -0.133. The second kappa shape index (κ2) is 12.8. The zero-order chi connectivity index (χ0) is 18.9. The van der Waals surface area contributed by atoms with Crippen molar-refractivity contribution in [3.63, 3.8) is 0 Å². The van der Waals surface area contributed by atoms with Gasteiger partial charge in [0, 0.05) is 44.7 Å². The van der Waals surface area contributed by atoms with Crippen LogP contribution in [0.1, 0.15) is 59.3 Å². The number of amides is 1. The number of guanidine groups is 1. The van der Waals surface area contributed by atoms with E-state index in [1.165, 1.54) is 45.2 Å². The van der Waals surface area contributed by atoms with E-state index in [1.807, 2.05) is 25.8 Å². The molecule has 2 heterocycles. The van der Waals surface area contributed by atoms with Crippen molar-refractivity contribution >= 4 is 35.8 Å². The molecule has 2 unspecified atom stereocenters. The highest BCUT2D eigenvalue weighted by molar-refractivity contribution is 14.0. The summed E-state index contributed by atoms with van der Waals surface area (Å²) in [5, 5.41) is 7.05. The Bertz CT molecular complexity index is 471. The van der Waals surface area contributed by atoms with Crippen molar-refractivity contribution in [3.05, 3.63) is 0 Å². The molecule has 0 radical (unpaired) electrons. The van der Waals surface area contributed by atoms with Crippen LogP contribution in [-0.2, 0) is 4.79 Å². The van der Waals surface area contributed by atoms with Crippen molar-refractivity contribution in [2.24, 2.45) is 10.9 Å². The molecule has 2 aliphatic rings. The summed E-state index contributed by atoms with van der Waals surface area (Å²) in [5.74, 6) is 1.20. The molecule has 2 atom stereocenters. The van der Waals surface area contributed by atoms with Crippen LogP contribution in [0.15, 0.2) is 4.99 Å². The molecule has 0 aromatic carbocycles. The maximum absolute atomic E-state index is 12.1. The normalized spacial score (nSPS) is 24.0. The van der Waals surface area contributed by atoms with Gasteiger partial charge in [0.15, 0.2) is 5.96 Å². The number of carbonyl (C=O) groups is 1. The molecule has 158 valence electrons. The predicted molar refractivity (Wildman–Crippen MR) is 124 cm³/mol. The van der Waals surface area contributed by atoms with Crippen molar-refractivity contribution in [2.45, 2.75) is 71.4 Å². The SMILES string of the molecule is CCCCN1CCCCC1CNC(=NC)NC1CCN(C(=O)C(C)C)C1.I. The summed E-state index contributed by atoms with van der Waals surface area (Å²) < 4.78 is 0. The number of unbranched alkanes of at least 4 members (excludes halogenated alkanes) is 1. The van der Waals surface area contributed by atoms with Crippen LogP contribution in [-0.4, -0.2) is 73.5 Å². The molecular formula is C20H40IN5O. The monoisotopic (exact) mass is 493 g/mol. The van der Waals surface area contributed by atoms with E-state index < -0.39 is 0 Å². The number of likely N-dealkylation sites (tertiary alicyclic amines) is 2. The summed E-state index contributed by atoms with van der Waals surface area (Å²) in [6.45, 7) is 11.2. The summed E-state index contributed by atoms with van der Waals surface area (Å²) >= 11 is 0. The zero-order valence-corrected chi connectivity index (χ0v) is 20.0. The van der Waals surface area contributed by atoms with Crippen molar-refractivity contribution in [2.75, 3.05) is 39.8 Å². The summed E-state index contributed by atoms with van der Waals surface area (Å²) in [6, 6.07) is 0.905. The summed E-state index contributed by atoms with van der Waals surface area (Å²) in [4.78, 5) is 21.2. The summed E-state index contributed by atoms with van der Waals surface area (Å²) in [7, 11) is 1.83. The van der Waals surface area contributed by atoms with Crippen LogP contribution in [0.5, 0.6) is 0 Å². The van der Waals surface area contributed by atoms with E-state index in [1.54, 1.807) is 0 Å². The number of rotatable bonds is 7. The molecule has 2 saturated heterocycles. The first-order valence-electron chi connectivity index (χ1n) is 10.5. The number of nitrogens with zero attached hydrogens (tertiary/aromatic N) is 3. The Morgan fingerprint density at radius 2 is 2.00 bits per heavy atom. The minimum absolute atomic E-state index is 0. The van der Waals surface area contributed by atoms with Crippen molar-refractivity contribution in [1.82, 2.24) is 20.4 Å². The Labute approximate surface area is 182 Å². The predicted octanol–water partition coefficient (Wildman–Crippen LogP) is 2.68. The minimum Gasteiger partial charge on any atom is -0.355 e. The van der Waals surface area contributed by atoms with E-state index >= 15 is 0 Å². The summed E-state index contributed by atoms with van der Waals surface area (Å²) in [6.07, 6.45) is 7.46. The van der Waals surface area contributed by atoms with Crippen LogP contribution in [0.4, 0.5) is 0 Å². The van der Waals surface area contributed by atoms with Gasteiger partial charge in [0.25, 0.3) is 0 Å². The van der Waals surface area contributed by atoms with Gasteiger partial charge in [-0.2, -0.15) is 0 Å². The third-order valence-electron chi connectivity index (χ3n) is 5.61. The van der Waals surface area contributed by atoms with Crippen molar-refractivity contribution in [1.29, 1.82) is 0 Å². The Kier molecular flexibility index (Phi) is 11.6. The first kappa shape index (κ1) is 24.5. The van der Waals surface area contributed by atoms with Gasteiger partial charge in [-0.25, -0.2) is 0 Å². The number of halogens is 1. The molecule has 1 amide bonds. The molecular weight excluding hydrogens is 453 g/mol. The average Bonchev–Trinajstić information content (AvgIpc) is 3.11. The van der Waals surface area contributed by atoms with Gasteiger partial charge in [0.1, 0.15) is 0 Å². The van der Waals surface area contributed by atoms with Crippen LogP contribution in [0, 0.1) is 5.92 Å². The average molecular weight is 493 g/mol. The Balaban J connectivity index is 0.00000364. The highest BCUT2D eigenvalue weighted by Crippen LogP contribution is 2.17. The second-order valence-electron chi connectivity index (χ2n) is 8.06. The minimum atomic E-state index is 0. The molecule has 0 saturated carbocycles. The molecule has 2 N–H and O–H groups in total. The van der Waals surface area contributed by atoms with E-state index in [2.05, 4.69) is 27.4 Å². The Morgan fingerprint density at radius 3 is 2.67 bits per heavy atom. The molecule has 2 rings (SSSR count). The molecule has 6 nitrogen and oxygen atoms in total. The van der Waals surface area contributed by atoms with Gasteiger partial charge in [-0.3, -0.25) is 14.7 Å². The quantitative estimate of drug-likeness (QED) is 0.325. The number of carbonyl (C=O) groups excluding carboxylic acids is 1. The molecule has 0 bridgehead atoms. The molecule has 2 aliphatic heterocycles. The fourth-order valence-electron chi connectivity index (χ4n) is 3.99. The number of hydrogen-bond acceptors (Lipinski definition) is 3. The van der Waals surface area contributed by atoms with Crippen molar-refractivity contribution < 1.29 is 4.79 Å². The lowest BCUT2D eigenvalue weighted by atomic mass is 10.0. The van der Waals surface area contributed by atoms with Crippen LogP contribution in [0.2, 0.25) is 0 Å². The van der Waals surface area contributed by atoms with E-state index in [0.29, 0.717) is 12.1 Å². The number of piperidine rings is 1. The third-order valence-corrected chi connectivity index (χ3v) is 5.61. The van der Waals surface area contributed by atoms with Gasteiger partial charge in [0.2, 0.25) is 5.91 Å². The maximum atomic E-state index is 12.1. The van der Waals surface area contributed by atoms with Crippen molar-refractivity contribution in [3.8, 4) is 0 Å². The Hall–Kier alpha value is -0.570. The van der Waals surface area contributed by atoms with E-state index in [9.17, 15) is 4.79 Å². The van der Waals surface area contributed by atoms with Gasteiger partial charge < -0.3 is 15.5 Å². The standard InChI is InChI=1S/C20H39N5O.HI/c1-5-6-11-24-12-8-7-9-18(24)14-22-20(21-4)23-17-10-13-25(15-17)19(26)16(2)3;/h16-18H,5-15H2,1-4H3,(H2,21,22,23);1H. The third kappa shape index (κ3) is 7.75. The Morgan fingerprint density at radius 1 is 1.22 bits per heavy atom. The summed E-state index contributed by atoms with van der Waals surface area (Å²) in [5.41, 5.74) is 0. The lowest BCUT2D eigenvalue weighted by Crippen LogP contribution is -2.51. The highest BCUT2D eigenvalue weighted by Gasteiger charge is 2.28. The number of hydrogen-bond donors (Lipinski definition) is 2. The second-order valence-corrected chi connectivity index (χ2v) is 8.06. The molecule has 0 aromatic heterocycles. The molecule has 27 heavy (non-hydrogen) atoms. The smallest absolute Gasteiger partial charge is 0.225 e. The van der Waals surface area contributed by atoms with E-state index in [-0.39, 0.29) is 35.8 Å². The highest BCUT2D eigenvalue weighted by atomic mass is 127. The van der Waals surface area contributed by atoms with E-state index in [4.69, 9.17) is 0 Å². The molecule has 0 spiro atoms. The lowest BCUT2D eigenvalue weighted by Gasteiger charge is -2.36. The fraction of sp³-hybridized carbons (Fsp3) is 0.900. The maximum Gasteiger partial charge on any atom is 0.225 e. The first-order chi connectivity index (χ1) is 12.5. The topological polar surface area (TPSA) is 60.0 Å². The molecule has 0 aromatic rings. The van der Waals surface area contributed by atoms with Crippen LogP contribution >= 0.6 is 24.0 Å². The van der Waals surface area contributed by atoms with Gasteiger partial charge in [-0.1, -0.05) is 33.6 Å². The zero-order valence-electron chi connectivity index (χ0n) is 17.7. The first-order valence-corrected chi connectivity index (χ1v) is 10.5. The fourth-order valence-corrected chi connectivity index (χ4v) is 3.99. The molecule has 7 heteroatoms. The largest absolute Gasteiger partial charge is 0.355 e. The number of nitrogens with one attached hydrogen (secondary N) is 2. The van der Waals surface area contributed by atoms with Crippen LogP contribution in [0.25, 0.3) is 0 Å². The van der Waals surface area contributed by atoms with Gasteiger partial charge >= 0.3 is 0 Å². The molecule has 2 fully saturated rings. The van der Waals surface area contributed by atoms with Gasteiger partial charge in [-0.15, -0.1) is 24.0 Å². The number of aliphatic imine (C=N–C) groups is 1. The van der Waals surface area contributed by atoms with Gasteiger partial charge in [0.05, 0.1) is 0 Å². The van der Waals surface area contributed by atoms with Gasteiger partial charge in [-0.05, 0) is 38.8 Å².